The fourth-order valence-electron chi connectivity index (χ4n) is 2.49. The van der Waals surface area contributed by atoms with Gasteiger partial charge in [0.15, 0.2) is 11.4 Å². The Bertz CT molecular complexity index is 987. The Labute approximate surface area is 168 Å². The summed E-state index contributed by atoms with van der Waals surface area (Å²) in [5, 5.41) is 6.42. The molecule has 152 valence electrons. The van der Waals surface area contributed by atoms with Crippen molar-refractivity contribution in [1.29, 1.82) is 0 Å². The summed E-state index contributed by atoms with van der Waals surface area (Å²) in [4.78, 5) is 12.1. The molecule has 0 aliphatic carbocycles. The van der Waals surface area contributed by atoms with Gasteiger partial charge in [-0.15, -0.1) is 0 Å². The predicted octanol–water partition coefficient (Wildman–Crippen LogP) is 5.55. The summed E-state index contributed by atoms with van der Waals surface area (Å²) in [7, 11) is 0. The highest BCUT2D eigenvalue weighted by atomic mass is 35.5. The average molecular weight is 426 g/mol. The summed E-state index contributed by atoms with van der Waals surface area (Å²) in [6.07, 6.45) is -5.07. The predicted molar refractivity (Wildman–Crippen MR) is 101 cm³/mol. The second-order valence-electron chi connectivity index (χ2n) is 5.72. The first-order chi connectivity index (χ1) is 13.8. The van der Waals surface area contributed by atoms with Gasteiger partial charge < -0.3 is 9.47 Å². The Hall–Kier alpha value is -3.20. The van der Waals surface area contributed by atoms with E-state index in [0.717, 1.165) is 6.20 Å². The minimum Gasteiger partial charge on any atom is -0.494 e. The van der Waals surface area contributed by atoms with Gasteiger partial charge in [-0.05, 0) is 55.5 Å². The highest BCUT2D eigenvalue weighted by molar-refractivity contribution is 6.30. The number of halogens is 4. The Balaban J connectivity index is 1.81. The molecule has 3 aromatic rings. The average Bonchev–Trinajstić information content (AvgIpc) is 3.08. The van der Waals surface area contributed by atoms with Crippen LogP contribution >= 0.6 is 11.6 Å². The smallest absolute Gasteiger partial charge is 0.437 e. The van der Waals surface area contributed by atoms with Crippen LogP contribution in [0, 0.1) is 0 Å². The lowest BCUT2D eigenvalue weighted by Gasteiger charge is -2.13. The topological polar surface area (TPSA) is 65.4 Å². The number of hydrogen-bond donors (Lipinski definition) is 1. The van der Waals surface area contributed by atoms with Gasteiger partial charge >= 0.3 is 12.3 Å². The molecule has 6 nitrogen and oxygen atoms in total. The van der Waals surface area contributed by atoms with E-state index in [-0.39, 0.29) is 5.69 Å². The zero-order valence-corrected chi connectivity index (χ0v) is 15.8. The van der Waals surface area contributed by atoms with Gasteiger partial charge in [-0.1, -0.05) is 11.6 Å². The third-order valence-corrected chi connectivity index (χ3v) is 3.94. The molecule has 29 heavy (non-hydrogen) atoms. The van der Waals surface area contributed by atoms with Crippen molar-refractivity contribution in [3.8, 4) is 17.2 Å². The molecule has 0 saturated carbocycles. The Morgan fingerprint density at radius 3 is 2.38 bits per heavy atom. The molecule has 1 aromatic heterocycles. The van der Waals surface area contributed by atoms with Crippen molar-refractivity contribution >= 4 is 23.4 Å². The molecule has 0 aliphatic heterocycles. The van der Waals surface area contributed by atoms with Crippen LogP contribution in [-0.2, 0) is 6.18 Å². The summed E-state index contributed by atoms with van der Waals surface area (Å²) < 4.78 is 51.5. The zero-order valence-electron chi connectivity index (χ0n) is 15.0. The number of hydrogen-bond acceptors (Lipinski definition) is 4. The van der Waals surface area contributed by atoms with Crippen molar-refractivity contribution in [3.05, 3.63) is 65.4 Å². The van der Waals surface area contributed by atoms with Crippen LogP contribution in [0.3, 0.4) is 0 Å². The highest BCUT2D eigenvalue weighted by Crippen LogP contribution is 2.37. The maximum Gasteiger partial charge on any atom is 0.437 e. The summed E-state index contributed by atoms with van der Waals surface area (Å²) in [5.41, 5.74) is -0.776. The van der Waals surface area contributed by atoms with E-state index in [2.05, 4.69) is 10.4 Å². The maximum absolute atomic E-state index is 13.6. The summed E-state index contributed by atoms with van der Waals surface area (Å²) in [6.45, 7) is 2.30. The molecule has 0 radical (unpaired) electrons. The van der Waals surface area contributed by atoms with Gasteiger partial charge in [0.2, 0.25) is 0 Å². The Morgan fingerprint density at radius 1 is 1.14 bits per heavy atom. The van der Waals surface area contributed by atoms with E-state index >= 15 is 0 Å². The van der Waals surface area contributed by atoms with E-state index in [0.29, 0.717) is 27.7 Å². The molecule has 0 saturated heterocycles. The van der Waals surface area contributed by atoms with Crippen molar-refractivity contribution in [2.45, 2.75) is 13.1 Å². The Morgan fingerprint density at radius 2 is 1.79 bits per heavy atom. The number of alkyl halides is 3. The van der Waals surface area contributed by atoms with E-state index in [1.807, 2.05) is 6.92 Å². The first-order valence-corrected chi connectivity index (χ1v) is 8.78. The maximum atomic E-state index is 13.6. The number of benzene rings is 2. The number of rotatable bonds is 5. The summed E-state index contributed by atoms with van der Waals surface area (Å²) in [6, 6.07) is 11.9. The van der Waals surface area contributed by atoms with Crippen LogP contribution in [0.25, 0.3) is 5.69 Å². The summed E-state index contributed by atoms with van der Waals surface area (Å²) in [5.74, 6) is -0.133. The molecule has 10 heteroatoms. The van der Waals surface area contributed by atoms with Gasteiger partial charge in [0.1, 0.15) is 5.75 Å². The van der Waals surface area contributed by atoms with Crippen molar-refractivity contribution in [3.63, 3.8) is 0 Å². The van der Waals surface area contributed by atoms with Crippen LogP contribution in [0.1, 0.15) is 12.6 Å². The SMILES string of the molecule is CCOc1ccc(NC(=O)Oc2cnn(-c3ccc(Cl)cc3)c2C(F)(F)F)cc1. The van der Waals surface area contributed by atoms with Crippen molar-refractivity contribution in [2.24, 2.45) is 0 Å². The highest BCUT2D eigenvalue weighted by Gasteiger charge is 2.40. The molecule has 3 rings (SSSR count). The molecule has 1 heterocycles. The minimum absolute atomic E-state index is 0.114. The van der Waals surface area contributed by atoms with Gasteiger partial charge in [0.25, 0.3) is 0 Å². The lowest BCUT2D eigenvalue weighted by atomic mass is 10.3. The first-order valence-electron chi connectivity index (χ1n) is 8.41. The zero-order chi connectivity index (χ0) is 21.0. The first kappa shape index (κ1) is 20.5. The number of anilines is 1. The number of nitrogens with zero attached hydrogens (tertiary/aromatic N) is 2. The molecular formula is C19H15ClF3N3O3. The standard InChI is InChI=1S/C19H15ClF3N3O3/c1-2-28-15-9-5-13(6-10-15)25-18(27)29-16-11-24-26(17(16)19(21,22)23)14-7-3-12(20)4-8-14/h3-11H,2H2,1H3,(H,25,27). The van der Waals surface area contributed by atoms with E-state index in [9.17, 15) is 18.0 Å². The number of nitrogens with one attached hydrogen (secondary N) is 1. The number of ether oxygens (including phenoxy) is 2. The van der Waals surface area contributed by atoms with Gasteiger partial charge in [-0.2, -0.15) is 18.3 Å². The fourth-order valence-corrected chi connectivity index (χ4v) is 2.62. The fraction of sp³-hybridized carbons (Fsp3) is 0.158. The molecule has 2 aromatic carbocycles. The lowest BCUT2D eigenvalue weighted by Crippen LogP contribution is -2.20. The van der Waals surface area contributed by atoms with E-state index in [1.54, 1.807) is 12.1 Å². The van der Waals surface area contributed by atoms with Crippen LogP contribution in [0.4, 0.5) is 23.7 Å². The van der Waals surface area contributed by atoms with Crippen LogP contribution in [-0.4, -0.2) is 22.5 Å². The van der Waals surface area contributed by atoms with Gasteiger partial charge in [-0.3, -0.25) is 5.32 Å². The van der Waals surface area contributed by atoms with Crippen LogP contribution in [0.15, 0.2) is 54.7 Å². The van der Waals surface area contributed by atoms with Crippen LogP contribution in [0.2, 0.25) is 5.02 Å². The van der Waals surface area contributed by atoms with Crippen molar-refractivity contribution < 1.29 is 27.4 Å². The van der Waals surface area contributed by atoms with Crippen LogP contribution < -0.4 is 14.8 Å². The van der Waals surface area contributed by atoms with Gasteiger partial charge in [0, 0.05) is 10.7 Å². The van der Waals surface area contributed by atoms with E-state index < -0.39 is 23.7 Å². The van der Waals surface area contributed by atoms with E-state index in [1.165, 1.54) is 36.4 Å². The third-order valence-electron chi connectivity index (χ3n) is 3.69. The molecule has 0 aliphatic rings. The van der Waals surface area contributed by atoms with Crippen LogP contribution in [0.5, 0.6) is 11.5 Å². The Kier molecular flexibility index (Phi) is 5.97. The second kappa shape index (κ2) is 8.44. The lowest BCUT2D eigenvalue weighted by molar-refractivity contribution is -0.143. The molecular weight excluding hydrogens is 411 g/mol. The minimum atomic E-state index is -4.81. The van der Waals surface area contributed by atoms with Crippen molar-refractivity contribution in [1.82, 2.24) is 9.78 Å². The molecule has 1 N–H and O–H groups in total. The van der Waals surface area contributed by atoms with Gasteiger partial charge in [-0.25, -0.2) is 9.48 Å². The molecule has 0 unspecified atom stereocenters. The number of carbonyl (C=O) groups is 1. The number of amides is 1. The summed E-state index contributed by atoms with van der Waals surface area (Å²) >= 11 is 5.77. The quantitative estimate of drug-likeness (QED) is 0.581. The molecule has 0 bridgehead atoms. The van der Waals surface area contributed by atoms with E-state index in [4.69, 9.17) is 21.1 Å². The monoisotopic (exact) mass is 425 g/mol. The normalized spacial score (nSPS) is 11.2. The largest absolute Gasteiger partial charge is 0.494 e. The van der Waals surface area contributed by atoms with Gasteiger partial charge in [0.05, 0.1) is 18.5 Å². The second-order valence-corrected chi connectivity index (χ2v) is 6.15. The van der Waals surface area contributed by atoms with Crippen molar-refractivity contribution in [2.75, 3.05) is 11.9 Å². The number of aromatic nitrogens is 2. The number of carbonyl (C=O) groups excluding carboxylic acids is 1. The third kappa shape index (κ3) is 5.00. The molecule has 0 spiro atoms. The molecule has 0 atom stereocenters. The molecule has 0 fully saturated rings. The molecule has 1 amide bonds.